The highest BCUT2D eigenvalue weighted by Gasteiger charge is 2.36. The van der Waals surface area contributed by atoms with Crippen LogP contribution in [-0.4, -0.2) is 38.1 Å². The van der Waals surface area contributed by atoms with Crippen LogP contribution in [-0.2, 0) is 11.3 Å². The Hall–Kier alpha value is -3.85. The molecule has 3 heterocycles. The lowest BCUT2D eigenvalue weighted by atomic mass is 10.1. The summed E-state index contributed by atoms with van der Waals surface area (Å²) in [7, 11) is 0. The van der Waals surface area contributed by atoms with Gasteiger partial charge in [-0.3, -0.25) is 10.2 Å². The number of amidine groups is 2. The number of ether oxygens (including phenoxy) is 1. The first-order valence-electron chi connectivity index (χ1n) is 12.1. The average Bonchev–Trinajstić information content (AvgIpc) is 3.49. The van der Waals surface area contributed by atoms with Crippen molar-refractivity contribution in [3.8, 4) is 5.75 Å². The molecule has 0 unspecified atom stereocenters. The van der Waals surface area contributed by atoms with Crippen LogP contribution in [0.2, 0.25) is 10.0 Å². The second-order valence-electron chi connectivity index (χ2n) is 9.05. The summed E-state index contributed by atoms with van der Waals surface area (Å²) in [5.41, 5.74) is 3.96. The molecule has 3 aromatic carbocycles. The molecule has 1 N–H and O–H groups in total. The van der Waals surface area contributed by atoms with Crippen LogP contribution in [0.5, 0.6) is 5.75 Å². The number of nitrogens with zero attached hydrogens (tertiary/aromatic N) is 4. The van der Waals surface area contributed by atoms with Crippen molar-refractivity contribution in [1.29, 1.82) is 5.41 Å². The maximum Gasteiger partial charge on any atom is 0.283 e. The zero-order valence-electron chi connectivity index (χ0n) is 20.7. The van der Waals surface area contributed by atoms with Crippen LogP contribution in [0.4, 0.5) is 0 Å². The summed E-state index contributed by atoms with van der Waals surface area (Å²) in [6.45, 7) is 2.75. The summed E-state index contributed by atoms with van der Waals surface area (Å²) in [5, 5.41) is 17.6. The molecule has 0 saturated carbocycles. The molecular formula is C29H21Cl2N5O2S. The van der Waals surface area contributed by atoms with Crippen molar-refractivity contribution in [3.63, 3.8) is 0 Å². The Morgan fingerprint density at radius 2 is 1.85 bits per heavy atom. The second-order valence-corrected chi connectivity index (χ2v) is 10.9. The van der Waals surface area contributed by atoms with Gasteiger partial charge in [-0.25, -0.2) is 0 Å². The van der Waals surface area contributed by atoms with Crippen molar-refractivity contribution in [2.45, 2.75) is 13.5 Å². The fourth-order valence-electron chi connectivity index (χ4n) is 4.46. The van der Waals surface area contributed by atoms with Gasteiger partial charge in [0.1, 0.15) is 17.4 Å². The molecule has 0 bridgehead atoms. The van der Waals surface area contributed by atoms with E-state index in [0.717, 1.165) is 33.3 Å². The first-order chi connectivity index (χ1) is 18.9. The molecule has 2 aliphatic heterocycles. The van der Waals surface area contributed by atoms with Crippen LogP contribution < -0.4 is 4.74 Å². The number of benzene rings is 3. The van der Waals surface area contributed by atoms with Crippen LogP contribution in [0.15, 0.2) is 88.6 Å². The van der Waals surface area contributed by atoms with Gasteiger partial charge in [-0.1, -0.05) is 65.7 Å². The number of aliphatic imine (C=N–C) groups is 1. The fourth-order valence-corrected chi connectivity index (χ4v) is 5.58. The van der Waals surface area contributed by atoms with Gasteiger partial charge in [-0.2, -0.15) is 15.1 Å². The van der Waals surface area contributed by atoms with E-state index in [-0.39, 0.29) is 18.0 Å². The molecule has 10 heteroatoms. The van der Waals surface area contributed by atoms with Crippen LogP contribution in [0.3, 0.4) is 0 Å². The maximum atomic E-state index is 13.0. The van der Waals surface area contributed by atoms with Crippen molar-refractivity contribution >= 4 is 73.9 Å². The number of nitrogens with one attached hydrogen (secondary N) is 1. The number of amides is 1. The number of para-hydroxylation sites is 2. The van der Waals surface area contributed by atoms with Crippen molar-refractivity contribution < 1.29 is 9.53 Å². The number of rotatable bonds is 6. The third-order valence-corrected chi connectivity index (χ3v) is 8.02. The summed E-state index contributed by atoms with van der Waals surface area (Å²) in [6.07, 6.45) is 3.67. The molecule has 1 aromatic heterocycles. The van der Waals surface area contributed by atoms with Crippen LogP contribution >= 0.6 is 35.0 Å². The van der Waals surface area contributed by atoms with E-state index in [1.165, 1.54) is 16.8 Å². The van der Waals surface area contributed by atoms with Gasteiger partial charge in [-0.05, 0) is 60.2 Å². The Kier molecular flexibility index (Phi) is 6.76. The standard InChI is InChI=1S/C29H21Cl2N5O2S/c1-17-6-2-5-9-25(17)38-16-26-34-36-27(32)21(28(37)33-29(36)39-26)13-19-15-35(24-8-4-3-7-20(19)24)14-18-10-11-22(30)23(31)12-18/h2-13,15,32H,14,16H2,1H3. The SMILES string of the molecule is Cc1ccccc1OCC1=NN2C(=N)C(=Cc3cn(Cc4ccc(Cl)c(Cl)c4)c4ccccc34)C(=O)N=C2S1. The van der Waals surface area contributed by atoms with Gasteiger partial charge >= 0.3 is 0 Å². The minimum atomic E-state index is -0.476. The summed E-state index contributed by atoms with van der Waals surface area (Å²) in [5.74, 6) is 0.262. The Balaban J connectivity index is 1.28. The maximum absolute atomic E-state index is 13.0. The number of carbonyl (C=O) groups excluding carboxylic acids is 1. The van der Waals surface area contributed by atoms with Gasteiger partial charge in [0.15, 0.2) is 5.84 Å². The number of aryl methyl sites for hydroxylation is 1. The smallest absolute Gasteiger partial charge is 0.283 e. The Morgan fingerprint density at radius 3 is 2.67 bits per heavy atom. The first kappa shape index (κ1) is 25.4. The molecule has 194 valence electrons. The molecule has 0 fully saturated rings. The number of hydrogen-bond acceptors (Lipinski definition) is 5. The number of aromatic nitrogens is 1. The van der Waals surface area contributed by atoms with Crippen LogP contribution in [0, 0.1) is 12.3 Å². The number of thioether (sulfide) groups is 1. The van der Waals surface area contributed by atoms with Gasteiger partial charge in [-0.15, -0.1) is 0 Å². The molecule has 6 rings (SSSR count). The number of halogens is 2. The number of carbonyl (C=O) groups is 1. The van der Waals surface area contributed by atoms with E-state index < -0.39 is 5.91 Å². The predicted molar refractivity (Wildman–Crippen MR) is 159 cm³/mol. The normalized spacial score (nSPS) is 16.1. The third-order valence-electron chi connectivity index (χ3n) is 6.40. The highest BCUT2D eigenvalue weighted by Crippen LogP contribution is 2.31. The molecule has 39 heavy (non-hydrogen) atoms. The number of fused-ring (bicyclic) bond motifs is 2. The molecule has 0 spiro atoms. The summed E-state index contributed by atoms with van der Waals surface area (Å²) in [6, 6.07) is 21.2. The second kappa shape index (κ2) is 10.4. The van der Waals surface area contributed by atoms with E-state index >= 15 is 0 Å². The lowest BCUT2D eigenvalue weighted by molar-refractivity contribution is -0.114. The predicted octanol–water partition coefficient (Wildman–Crippen LogP) is 7.00. The van der Waals surface area contributed by atoms with E-state index in [1.54, 1.807) is 12.1 Å². The molecule has 2 aliphatic rings. The zero-order valence-corrected chi connectivity index (χ0v) is 23.0. The monoisotopic (exact) mass is 573 g/mol. The largest absolute Gasteiger partial charge is 0.486 e. The van der Waals surface area contributed by atoms with Gasteiger partial charge in [0.2, 0.25) is 5.17 Å². The van der Waals surface area contributed by atoms with Gasteiger partial charge < -0.3 is 9.30 Å². The molecule has 4 aromatic rings. The zero-order chi connectivity index (χ0) is 27.1. The molecular weight excluding hydrogens is 553 g/mol. The van der Waals surface area contributed by atoms with Gasteiger partial charge in [0.05, 0.1) is 15.6 Å². The molecule has 0 saturated heterocycles. The lowest BCUT2D eigenvalue weighted by Crippen LogP contribution is -2.35. The van der Waals surface area contributed by atoms with Crippen molar-refractivity contribution in [2.75, 3.05) is 6.61 Å². The van der Waals surface area contributed by atoms with Crippen LogP contribution in [0.25, 0.3) is 17.0 Å². The van der Waals surface area contributed by atoms with Crippen molar-refractivity contribution in [1.82, 2.24) is 9.58 Å². The van der Waals surface area contributed by atoms with Crippen molar-refractivity contribution in [3.05, 3.63) is 105 Å². The van der Waals surface area contributed by atoms with E-state index in [2.05, 4.69) is 14.7 Å². The Morgan fingerprint density at radius 1 is 1.05 bits per heavy atom. The Bertz CT molecular complexity index is 1760. The number of hydrogen-bond donors (Lipinski definition) is 1. The summed E-state index contributed by atoms with van der Waals surface area (Å²) < 4.78 is 7.98. The van der Waals surface area contributed by atoms with Crippen molar-refractivity contribution in [2.24, 2.45) is 10.1 Å². The summed E-state index contributed by atoms with van der Waals surface area (Å²) >= 11 is 13.5. The first-order valence-corrected chi connectivity index (χ1v) is 13.6. The minimum absolute atomic E-state index is 0.0234. The quantitative estimate of drug-likeness (QED) is 0.251. The summed E-state index contributed by atoms with van der Waals surface area (Å²) in [4.78, 5) is 17.3. The Labute approximate surface area is 238 Å². The molecule has 7 nitrogen and oxygen atoms in total. The average molecular weight is 574 g/mol. The minimum Gasteiger partial charge on any atom is -0.486 e. The molecule has 0 aliphatic carbocycles. The third kappa shape index (κ3) is 4.98. The number of hydrazone groups is 1. The molecule has 0 radical (unpaired) electrons. The van der Waals surface area contributed by atoms with E-state index in [1.807, 2.05) is 73.8 Å². The molecule has 1 amide bonds. The van der Waals surface area contributed by atoms with Gasteiger partial charge in [0.25, 0.3) is 5.91 Å². The topological polar surface area (TPSA) is 83.0 Å². The highest BCUT2D eigenvalue weighted by atomic mass is 35.5. The van der Waals surface area contributed by atoms with E-state index in [0.29, 0.717) is 26.8 Å². The fraction of sp³-hybridized carbons (Fsp3) is 0.103. The van der Waals surface area contributed by atoms with Crippen LogP contribution in [0.1, 0.15) is 16.7 Å². The van der Waals surface area contributed by atoms with E-state index in [4.69, 9.17) is 33.3 Å². The van der Waals surface area contributed by atoms with Gasteiger partial charge in [0, 0.05) is 29.2 Å². The highest BCUT2D eigenvalue weighted by molar-refractivity contribution is 8.27. The van der Waals surface area contributed by atoms with E-state index in [9.17, 15) is 4.79 Å². The lowest BCUT2D eigenvalue weighted by Gasteiger charge is -2.20. The molecule has 0 atom stereocenters.